The largest absolute Gasteiger partial charge is 0.491 e. The molecule has 3 heterocycles. The molecule has 14 heteroatoms. The fraction of sp³-hybridized carbons (Fsp3) is 0.433. The van der Waals surface area contributed by atoms with Crippen molar-refractivity contribution in [2.24, 2.45) is 0 Å². The Morgan fingerprint density at radius 1 is 1.05 bits per heavy atom. The average molecular weight is 650 g/mol. The molecule has 0 bridgehead atoms. The summed E-state index contributed by atoms with van der Waals surface area (Å²) < 4.78 is 78.0. The first-order chi connectivity index (χ1) is 21.0. The monoisotopic (exact) mass is 649 g/mol. The molecule has 1 spiro atoms. The number of sulfonamides is 1. The number of aliphatic hydroxyl groups is 2. The molecule has 2 atom stereocenters. The molecule has 0 amide bonds. The summed E-state index contributed by atoms with van der Waals surface area (Å²) in [5.74, 6) is -0.725. The van der Waals surface area contributed by atoms with Crippen molar-refractivity contribution in [1.29, 1.82) is 0 Å². The van der Waals surface area contributed by atoms with Crippen LogP contribution in [0.4, 0.5) is 4.39 Å². The lowest BCUT2D eigenvalue weighted by Gasteiger charge is -2.38. The summed E-state index contributed by atoms with van der Waals surface area (Å²) in [4.78, 5) is 4.02. The van der Waals surface area contributed by atoms with E-state index in [2.05, 4.69) is 10.3 Å². The van der Waals surface area contributed by atoms with E-state index in [0.29, 0.717) is 56.0 Å². The number of sulfone groups is 1. The molecule has 0 saturated carbocycles. The molecule has 3 aromatic rings. The number of rotatable bonds is 12. The molecule has 2 fully saturated rings. The van der Waals surface area contributed by atoms with Crippen LogP contribution in [0.1, 0.15) is 19.3 Å². The Morgan fingerprint density at radius 3 is 2.52 bits per heavy atom. The lowest BCUT2D eigenvalue weighted by atomic mass is 9.88. The highest BCUT2D eigenvalue weighted by Gasteiger charge is 2.44. The Labute approximate surface area is 256 Å². The molecular formula is C30H36FN3O8S2. The number of hydrogen-bond donors (Lipinski definition) is 3. The molecular weight excluding hydrogens is 613 g/mol. The van der Waals surface area contributed by atoms with Gasteiger partial charge in [-0.25, -0.2) is 21.8 Å². The SMILES string of the molecule is O=S(=O)(CCO)c1cccc(OCC(O)CN[C@H]2COC3(CCN(S(=O)(=O)c4cccc(-c5cccc(F)n5)c4)CC3)C2)c1. The van der Waals surface area contributed by atoms with E-state index in [1.54, 1.807) is 24.3 Å². The molecule has 2 aliphatic rings. The van der Waals surface area contributed by atoms with Crippen molar-refractivity contribution in [3.63, 3.8) is 0 Å². The zero-order valence-corrected chi connectivity index (χ0v) is 25.6. The van der Waals surface area contributed by atoms with Gasteiger partial charge in [-0.3, -0.25) is 0 Å². The zero-order chi connectivity index (χ0) is 31.4. The van der Waals surface area contributed by atoms with Crippen molar-refractivity contribution in [1.82, 2.24) is 14.6 Å². The van der Waals surface area contributed by atoms with Crippen LogP contribution in [0.3, 0.4) is 0 Å². The predicted molar refractivity (Wildman–Crippen MR) is 160 cm³/mol. The van der Waals surface area contributed by atoms with Gasteiger partial charge in [0.25, 0.3) is 0 Å². The van der Waals surface area contributed by atoms with Gasteiger partial charge in [0.2, 0.25) is 16.0 Å². The third-order valence-electron chi connectivity index (χ3n) is 7.93. The average Bonchev–Trinajstić information content (AvgIpc) is 3.41. The highest BCUT2D eigenvalue weighted by Crippen LogP contribution is 2.37. The smallest absolute Gasteiger partial charge is 0.243 e. The van der Waals surface area contributed by atoms with Gasteiger partial charge in [-0.15, -0.1) is 0 Å². The molecule has 2 aromatic carbocycles. The summed E-state index contributed by atoms with van der Waals surface area (Å²) in [6, 6.07) is 16.6. The minimum Gasteiger partial charge on any atom is -0.491 e. The van der Waals surface area contributed by atoms with E-state index in [0.717, 1.165) is 0 Å². The number of pyridine rings is 1. The second-order valence-electron chi connectivity index (χ2n) is 11.1. The van der Waals surface area contributed by atoms with Crippen LogP contribution in [0.15, 0.2) is 76.5 Å². The normalized spacial score (nSPS) is 19.7. The molecule has 1 aromatic heterocycles. The minimum absolute atomic E-state index is 0.0322. The highest BCUT2D eigenvalue weighted by molar-refractivity contribution is 7.91. The van der Waals surface area contributed by atoms with Gasteiger partial charge in [-0.05, 0) is 61.7 Å². The summed E-state index contributed by atoms with van der Waals surface area (Å²) in [5.41, 5.74) is 0.409. The number of nitrogens with zero attached hydrogens (tertiary/aromatic N) is 2. The van der Waals surface area contributed by atoms with E-state index >= 15 is 0 Å². The Kier molecular flexibility index (Phi) is 9.99. The van der Waals surface area contributed by atoms with E-state index < -0.39 is 44.1 Å². The third-order valence-corrected chi connectivity index (χ3v) is 11.5. The molecule has 5 rings (SSSR count). The van der Waals surface area contributed by atoms with Gasteiger partial charge in [0.05, 0.1) is 40.1 Å². The number of nitrogens with one attached hydrogen (secondary N) is 1. The Bertz CT molecular complexity index is 1660. The molecule has 1 unspecified atom stereocenters. The van der Waals surface area contributed by atoms with Gasteiger partial charge < -0.3 is 25.0 Å². The standard InChI is InChI=1S/C30H36FN3O8S2/c31-29-9-3-8-28(33-29)22-4-1-7-27(16-22)44(39,40)34-12-10-30(11-13-34)18-23(20-42-30)32-19-24(36)21-41-25-5-2-6-26(17-25)43(37,38)15-14-35/h1-9,16-17,23-24,32,35-36H,10-15,18-21H2/t23-,24?/m1/s1. The summed E-state index contributed by atoms with van der Waals surface area (Å²) in [6.07, 6.45) is 0.850. The van der Waals surface area contributed by atoms with Crippen LogP contribution in [-0.4, -0.2) is 99.3 Å². The number of ether oxygens (including phenoxy) is 2. The second kappa shape index (κ2) is 13.6. The first-order valence-electron chi connectivity index (χ1n) is 14.3. The third kappa shape index (κ3) is 7.62. The lowest BCUT2D eigenvalue weighted by Crippen LogP contribution is -2.47. The first-order valence-corrected chi connectivity index (χ1v) is 17.4. The van der Waals surface area contributed by atoms with Crippen LogP contribution in [0.2, 0.25) is 0 Å². The quantitative estimate of drug-likeness (QED) is 0.248. The number of hydrogen-bond acceptors (Lipinski definition) is 10. The summed E-state index contributed by atoms with van der Waals surface area (Å²) >= 11 is 0. The van der Waals surface area contributed by atoms with Gasteiger partial charge in [0, 0.05) is 31.2 Å². The molecule has 238 valence electrons. The second-order valence-corrected chi connectivity index (χ2v) is 15.1. The van der Waals surface area contributed by atoms with E-state index in [1.165, 1.54) is 46.8 Å². The van der Waals surface area contributed by atoms with Gasteiger partial charge >= 0.3 is 0 Å². The molecule has 2 saturated heterocycles. The number of piperidine rings is 1. The topological polar surface area (TPSA) is 155 Å². The van der Waals surface area contributed by atoms with Crippen LogP contribution in [-0.2, 0) is 24.6 Å². The van der Waals surface area contributed by atoms with Crippen molar-refractivity contribution in [3.8, 4) is 17.0 Å². The molecule has 44 heavy (non-hydrogen) atoms. The lowest BCUT2D eigenvalue weighted by molar-refractivity contribution is -0.0312. The molecule has 0 aliphatic carbocycles. The minimum atomic E-state index is -3.78. The van der Waals surface area contributed by atoms with E-state index in [1.807, 2.05) is 0 Å². The molecule has 11 nitrogen and oxygen atoms in total. The number of aromatic nitrogens is 1. The number of benzene rings is 2. The maximum absolute atomic E-state index is 13.6. The molecule has 0 radical (unpaired) electrons. The Hall–Kier alpha value is -2.98. The van der Waals surface area contributed by atoms with Crippen molar-refractivity contribution in [2.75, 3.05) is 45.2 Å². The Morgan fingerprint density at radius 2 is 1.77 bits per heavy atom. The number of aliphatic hydroxyl groups excluding tert-OH is 2. The number of halogens is 1. The summed E-state index contributed by atoms with van der Waals surface area (Å²) in [7, 11) is -7.39. The van der Waals surface area contributed by atoms with E-state index in [4.69, 9.17) is 14.6 Å². The van der Waals surface area contributed by atoms with Crippen molar-refractivity contribution < 1.29 is 40.9 Å². The molecule has 2 aliphatic heterocycles. The highest BCUT2D eigenvalue weighted by atomic mass is 32.2. The van der Waals surface area contributed by atoms with Crippen LogP contribution in [0.25, 0.3) is 11.3 Å². The maximum atomic E-state index is 13.6. The van der Waals surface area contributed by atoms with Crippen molar-refractivity contribution in [3.05, 3.63) is 72.7 Å². The Balaban J connectivity index is 1.10. The fourth-order valence-electron chi connectivity index (χ4n) is 5.54. The van der Waals surface area contributed by atoms with Gasteiger partial charge in [0.1, 0.15) is 18.5 Å². The van der Waals surface area contributed by atoms with Gasteiger partial charge in [0.15, 0.2) is 9.84 Å². The van der Waals surface area contributed by atoms with Crippen LogP contribution in [0.5, 0.6) is 5.75 Å². The summed E-state index contributed by atoms with van der Waals surface area (Å²) in [6.45, 7) is 0.700. The fourth-order valence-corrected chi connectivity index (χ4v) is 8.09. The van der Waals surface area contributed by atoms with Gasteiger partial charge in [-0.2, -0.15) is 8.70 Å². The van der Waals surface area contributed by atoms with E-state index in [-0.39, 0.29) is 34.7 Å². The van der Waals surface area contributed by atoms with Gasteiger partial charge in [-0.1, -0.05) is 24.3 Å². The molecule has 3 N–H and O–H groups in total. The van der Waals surface area contributed by atoms with E-state index in [9.17, 15) is 26.3 Å². The van der Waals surface area contributed by atoms with Crippen molar-refractivity contribution >= 4 is 19.9 Å². The zero-order valence-electron chi connectivity index (χ0n) is 24.0. The van der Waals surface area contributed by atoms with Crippen LogP contribution in [0, 0.1) is 5.95 Å². The predicted octanol–water partition coefficient (Wildman–Crippen LogP) is 2.00. The van der Waals surface area contributed by atoms with Crippen molar-refractivity contribution in [2.45, 2.75) is 46.8 Å². The summed E-state index contributed by atoms with van der Waals surface area (Å²) in [5, 5.41) is 22.7. The van der Waals surface area contributed by atoms with Crippen LogP contribution >= 0.6 is 0 Å². The first kappa shape index (κ1) is 32.4. The van der Waals surface area contributed by atoms with Crippen LogP contribution < -0.4 is 10.1 Å². The maximum Gasteiger partial charge on any atom is 0.243 e.